The smallest absolute Gasteiger partial charge is 0.00292 e. The Morgan fingerprint density at radius 1 is 0.941 bits per heavy atom. The zero-order valence-corrected chi connectivity index (χ0v) is 11.7. The van der Waals surface area contributed by atoms with Crippen LogP contribution in [-0.4, -0.2) is 0 Å². The monoisotopic (exact) mass is 230 g/mol. The van der Waals surface area contributed by atoms with Crippen LogP contribution in [-0.2, 0) is 0 Å². The van der Waals surface area contributed by atoms with E-state index in [2.05, 4.69) is 31.4 Å². The SMILES string of the molecule is C=C/C=C\C(=C/C)CC(/C=C\C)=C/C=C.CC. The second-order valence-electron chi connectivity index (χ2n) is 3.11. The Hall–Kier alpha value is -1.56. The Balaban J connectivity index is 0. The van der Waals surface area contributed by atoms with Gasteiger partial charge in [0.25, 0.3) is 0 Å². The lowest BCUT2D eigenvalue weighted by Gasteiger charge is -2.02. The average Bonchev–Trinajstić information content (AvgIpc) is 2.37. The molecular weight excluding hydrogens is 204 g/mol. The van der Waals surface area contributed by atoms with Crippen LogP contribution in [0.2, 0.25) is 0 Å². The van der Waals surface area contributed by atoms with E-state index < -0.39 is 0 Å². The van der Waals surface area contributed by atoms with Crippen molar-refractivity contribution in [1.82, 2.24) is 0 Å². The highest BCUT2D eigenvalue weighted by Crippen LogP contribution is 2.14. The molecule has 0 aliphatic heterocycles. The molecule has 0 saturated carbocycles. The maximum Gasteiger partial charge on any atom is -0.00292 e. The van der Waals surface area contributed by atoms with Gasteiger partial charge in [-0.05, 0) is 31.4 Å². The molecule has 0 fully saturated rings. The summed E-state index contributed by atoms with van der Waals surface area (Å²) in [6, 6.07) is 0. The predicted octanol–water partition coefficient (Wildman–Crippen LogP) is 5.78. The van der Waals surface area contributed by atoms with Crippen LogP contribution in [0.3, 0.4) is 0 Å². The van der Waals surface area contributed by atoms with Crippen LogP contribution in [0.25, 0.3) is 0 Å². The molecule has 0 amide bonds. The van der Waals surface area contributed by atoms with Crippen molar-refractivity contribution in [1.29, 1.82) is 0 Å². The molecule has 0 spiro atoms. The van der Waals surface area contributed by atoms with Gasteiger partial charge in [-0.15, -0.1) is 0 Å². The van der Waals surface area contributed by atoms with E-state index >= 15 is 0 Å². The van der Waals surface area contributed by atoms with Crippen LogP contribution in [0.4, 0.5) is 0 Å². The second-order valence-corrected chi connectivity index (χ2v) is 3.11. The van der Waals surface area contributed by atoms with Crippen LogP contribution in [0.1, 0.15) is 34.1 Å². The van der Waals surface area contributed by atoms with Gasteiger partial charge in [0.05, 0.1) is 0 Å². The lowest BCUT2D eigenvalue weighted by atomic mass is 10.0. The van der Waals surface area contributed by atoms with E-state index in [-0.39, 0.29) is 0 Å². The van der Waals surface area contributed by atoms with Crippen LogP contribution in [0.5, 0.6) is 0 Å². The first-order chi connectivity index (χ1) is 8.28. The lowest BCUT2D eigenvalue weighted by molar-refractivity contribution is 1.20. The van der Waals surface area contributed by atoms with Gasteiger partial charge in [0, 0.05) is 0 Å². The largest absolute Gasteiger partial charge is 0.0991 e. The summed E-state index contributed by atoms with van der Waals surface area (Å²) >= 11 is 0. The normalized spacial score (nSPS) is 12.5. The van der Waals surface area contributed by atoms with Crippen molar-refractivity contribution < 1.29 is 0 Å². The standard InChI is InChI=1S/C15H20.C2H6/c1-5-9-12-14(8-4)13-15(10-6-2)11-7-3;1-2/h5-12H,1-2,13H2,3-4H3;1-2H3/b11-7-,12-9-,14-8+,15-10+;. The Kier molecular flexibility index (Phi) is 15.1. The molecule has 0 heterocycles. The zero-order chi connectivity index (χ0) is 13.5. The van der Waals surface area contributed by atoms with Gasteiger partial charge in [-0.2, -0.15) is 0 Å². The number of allylic oxidation sites excluding steroid dienone is 10. The maximum atomic E-state index is 3.71. The van der Waals surface area contributed by atoms with Crippen molar-refractivity contribution >= 4 is 0 Å². The Bertz CT molecular complexity index is 309. The Morgan fingerprint density at radius 3 is 2.00 bits per heavy atom. The van der Waals surface area contributed by atoms with Crippen molar-refractivity contribution in [3.63, 3.8) is 0 Å². The molecule has 0 rings (SSSR count). The minimum Gasteiger partial charge on any atom is -0.0991 e. The van der Waals surface area contributed by atoms with Gasteiger partial charge in [0.15, 0.2) is 0 Å². The van der Waals surface area contributed by atoms with Gasteiger partial charge >= 0.3 is 0 Å². The molecule has 0 radical (unpaired) electrons. The molecule has 0 atom stereocenters. The van der Waals surface area contributed by atoms with E-state index in [1.54, 1.807) is 6.08 Å². The van der Waals surface area contributed by atoms with Gasteiger partial charge in [0.1, 0.15) is 0 Å². The summed E-state index contributed by atoms with van der Waals surface area (Å²) in [7, 11) is 0. The molecule has 0 aliphatic carbocycles. The van der Waals surface area contributed by atoms with E-state index in [9.17, 15) is 0 Å². The highest BCUT2D eigenvalue weighted by atomic mass is 14.0. The van der Waals surface area contributed by atoms with Gasteiger partial charge in [-0.1, -0.05) is 75.6 Å². The Morgan fingerprint density at radius 2 is 1.59 bits per heavy atom. The van der Waals surface area contributed by atoms with Crippen molar-refractivity contribution in [3.05, 3.63) is 72.9 Å². The summed E-state index contributed by atoms with van der Waals surface area (Å²) in [5, 5.41) is 0. The van der Waals surface area contributed by atoms with E-state index in [0.717, 1.165) is 6.42 Å². The molecule has 17 heavy (non-hydrogen) atoms. The van der Waals surface area contributed by atoms with Crippen LogP contribution >= 0.6 is 0 Å². The second kappa shape index (κ2) is 14.4. The molecule has 0 aromatic carbocycles. The molecule has 0 aromatic heterocycles. The minimum atomic E-state index is 0.928. The highest BCUT2D eigenvalue weighted by Gasteiger charge is 1.94. The molecule has 0 aliphatic rings. The first-order valence-corrected chi connectivity index (χ1v) is 6.17. The molecule has 0 nitrogen and oxygen atoms in total. The molecule has 94 valence electrons. The first kappa shape index (κ1) is 17.8. The third kappa shape index (κ3) is 10.7. The summed E-state index contributed by atoms with van der Waals surface area (Å²) in [5.74, 6) is 0. The average molecular weight is 230 g/mol. The summed E-state index contributed by atoms with van der Waals surface area (Å²) in [6.45, 7) is 15.4. The molecule has 0 bridgehead atoms. The predicted molar refractivity (Wildman–Crippen MR) is 82.2 cm³/mol. The summed E-state index contributed by atoms with van der Waals surface area (Å²) < 4.78 is 0. The number of hydrogen-bond acceptors (Lipinski definition) is 0. The van der Waals surface area contributed by atoms with Gasteiger partial charge in [-0.3, -0.25) is 0 Å². The highest BCUT2D eigenvalue weighted by molar-refractivity contribution is 5.33. The van der Waals surface area contributed by atoms with E-state index in [4.69, 9.17) is 0 Å². The number of hydrogen-bond donors (Lipinski definition) is 0. The van der Waals surface area contributed by atoms with E-state index in [1.807, 2.05) is 52.0 Å². The maximum absolute atomic E-state index is 3.71. The van der Waals surface area contributed by atoms with Gasteiger partial charge < -0.3 is 0 Å². The van der Waals surface area contributed by atoms with Crippen molar-refractivity contribution in [2.45, 2.75) is 34.1 Å². The van der Waals surface area contributed by atoms with E-state index in [0.29, 0.717) is 0 Å². The van der Waals surface area contributed by atoms with Crippen LogP contribution in [0.15, 0.2) is 72.9 Å². The molecule has 0 saturated heterocycles. The molecule has 0 unspecified atom stereocenters. The topological polar surface area (TPSA) is 0 Å². The van der Waals surface area contributed by atoms with Crippen molar-refractivity contribution in [3.8, 4) is 0 Å². The molecular formula is C17H26. The third-order valence-electron chi connectivity index (χ3n) is 1.94. The fourth-order valence-corrected chi connectivity index (χ4v) is 1.22. The van der Waals surface area contributed by atoms with Crippen LogP contribution < -0.4 is 0 Å². The molecule has 0 aromatic rings. The van der Waals surface area contributed by atoms with Gasteiger partial charge in [-0.25, -0.2) is 0 Å². The van der Waals surface area contributed by atoms with E-state index in [1.165, 1.54) is 11.1 Å². The lowest BCUT2D eigenvalue weighted by Crippen LogP contribution is -1.82. The Labute approximate surface area is 107 Å². The minimum absolute atomic E-state index is 0.928. The first-order valence-electron chi connectivity index (χ1n) is 6.17. The summed E-state index contributed by atoms with van der Waals surface area (Å²) in [4.78, 5) is 0. The quantitative estimate of drug-likeness (QED) is 0.507. The fraction of sp³-hybridized carbons (Fsp3) is 0.294. The number of rotatable bonds is 6. The third-order valence-corrected chi connectivity index (χ3v) is 1.94. The van der Waals surface area contributed by atoms with Gasteiger partial charge in [0.2, 0.25) is 0 Å². The van der Waals surface area contributed by atoms with Crippen LogP contribution in [0, 0.1) is 0 Å². The fourth-order valence-electron chi connectivity index (χ4n) is 1.22. The zero-order valence-electron chi connectivity index (χ0n) is 11.7. The van der Waals surface area contributed by atoms with Crippen molar-refractivity contribution in [2.75, 3.05) is 0 Å². The summed E-state index contributed by atoms with van der Waals surface area (Å²) in [6.07, 6.45) is 16.9. The molecule has 0 heteroatoms. The van der Waals surface area contributed by atoms with Crippen molar-refractivity contribution in [2.24, 2.45) is 0 Å². The molecule has 0 N–H and O–H groups in total. The summed E-state index contributed by atoms with van der Waals surface area (Å²) in [5.41, 5.74) is 2.54.